The lowest BCUT2D eigenvalue weighted by atomic mass is 9.88. The zero-order valence-electron chi connectivity index (χ0n) is 12.0. The van der Waals surface area contributed by atoms with Gasteiger partial charge in [-0.3, -0.25) is 9.59 Å². The van der Waals surface area contributed by atoms with Gasteiger partial charge in [0.05, 0.1) is 13.2 Å². The van der Waals surface area contributed by atoms with Crippen LogP contribution in [0.5, 0.6) is 5.75 Å². The molecule has 0 aliphatic carbocycles. The second-order valence-corrected chi connectivity index (χ2v) is 4.86. The minimum Gasteiger partial charge on any atom is -0.486 e. The molecule has 0 amide bonds. The third kappa shape index (κ3) is 4.06. The number of hydrogen-bond donors (Lipinski definition) is 1. The van der Waals surface area contributed by atoms with E-state index in [9.17, 15) is 9.59 Å². The van der Waals surface area contributed by atoms with Gasteiger partial charge in [-0.1, -0.05) is 12.1 Å². The number of aliphatic hydroxyl groups excluding tert-OH is 1. The summed E-state index contributed by atoms with van der Waals surface area (Å²) in [6.07, 6.45) is 0. The number of benzene rings is 1. The van der Waals surface area contributed by atoms with E-state index in [-0.39, 0.29) is 25.6 Å². The first-order valence-corrected chi connectivity index (χ1v) is 6.45. The van der Waals surface area contributed by atoms with Crippen LogP contribution >= 0.6 is 0 Å². The topological polar surface area (TPSA) is 72.8 Å². The second kappa shape index (κ2) is 7.05. The van der Waals surface area contributed by atoms with Gasteiger partial charge in [0, 0.05) is 0 Å². The summed E-state index contributed by atoms with van der Waals surface area (Å²) in [5.41, 5.74) is -0.537. The molecule has 1 N–H and O–H groups in total. The van der Waals surface area contributed by atoms with Crippen LogP contribution in [0, 0.1) is 5.41 Å². The van der Waals surface area contributed by atoms with Gasteiger partial charge in [-0.05, 0) is 38.5 Å². The van der Waals surface area contributed by atoms with Gasteiger partial charge in [0.25, 0.3) is 0 Å². The van der Waals surface area contributed by atoms with Gasteiger partial charge in [0.2, 0.25) is 0 Å². The number of hydrogen-bond acceptors (Lipinski definition) is 5. The summed E-state index contributed by atoms with van der Waals surface area (Å²) < 4.78 is 10.2. The Morgan fingerprint density at radius 1 is 1.30 bits per heavy atom. The molecule has 0 spiro atoms. The lowest BCUT2D eigenvalue weighted by molar-refractivity contribution is -0.158. The van der Waals surface area contributed by atoms with E-state index in [1.54, 1.807) is 31.2 Å². The Hall–Kier alpha value is -1.88. The molecule has 1 rings (SSSR count). The Morgan fingerprint density at radius 2 is 2.00 bits per heavy atom. The van der Waals surface area contributed by atoms with Crippen LogP contribution in [-0.4, -0.2) is 30.1 Å². The second-order valence-electron chi connectivity index (χ2n) is 4.86. The number of esters is 1. The van der Waals surface area contributed by atoms with Gasteiger partial charge in [-0.25, -0.2) is 0 Å². The number of Topliss-reactive ketones (excluding diaryl/α,β-unsaturated/α-hetero) is 1. The van der Waals surface area contributed by atoms with Crippen LogP contribution in [0.15, 0.2) is 24.3 Å². The van der Waals surface area contributed by atoms with Crippen LogP contribution in [0.4, 0.5) is 0 Å². The maximum atomic E-state index is 12.0. The fourth-order valence-electron chi connectivity index (χ4n) is 1.49. The molecular formula is C15H20O5. The number of carbonyl (C=O) groups is 2. The number of ketones is 1. The van der Waals surface area contributed by atoms with Gasteiger partial charge in [0.1, 0.15) is 17.8 Å². The molecule has 1 aromatic rings. The monoisotopic (exact) mass is 280 g/mol. The molecule has 0 fully saturated rings. The Balaban J connectivity index is 2.64. The molecule has 1 aromatic carbocycles. The highest BCUT2D eigenvalue weighted by atomic mass is 16.5. The molecular weight excluding hydrogens is 260 g/mol. The van der Waals surface area contributed by atoms with Crippen LogP contribution < -0.4 is 4.74 Å². The van der Waals surface area contributed by atoms with Crippen LogP contribution in [-0.2, 0) is 20.9 Å². The molecule has 0 unspecified atom stereocenters. The van der Waals surface area contributed by atoms with E-state index in [1.165, 1.54) is 13.8 Å². The van der Waals surface area contributed by atoms with E-state index in [0.29, 0.717) is 11.3 Å². The van der Waals surface area contributed by atoms with Crippen LogP contribution in [0.25, 0.3) is 0 Å². The predicted molar refractivity (Wildman–Crippen MR) is 73.3 cm³/mol. The van der Waals surface area contributed by atoms with Crippen molar-refractivity contribution < 1.29 is 24.2 Å². The number of rotatable bonds is 7. The predicted octanol–water partition coefficient (Wildman–Crippen LogP) is 1.72. The Bertz CT molecular complexity index is 479. The quantitative estimate of drug-likeness (QED) is 0.608. The third-order valence-electron chi connectivity index (χ3n) is 2.93. The van der Waals surface area contributed by atoms with Crippen molar-refractivity contribution in [3.8, 4) is 5.75 Å². The van der Waals surface area contributed by atoms with Crippen molar-refractivity contribution in [1.29, 1.82) is 0 Å². The Kier molecular flexibility index (Phi) is 5.70. The average molecular weight is 280 g/mol. The van der Waals surface area contributed by atoms with Crippen molar-refractivity contribution in [3.05, 3.63) is 29.8 Å². The summed E-state index contributed by atoms with van der Waals surface area (Å²) in [4.78, 5) is 23.7. The molecule has 0 heterocycles. The largest absolute Gasteiger partial charge is 0.486 e. The standard InChI is InChI=1S/C15H20O5/c1-4-19-14(18)15(2,3)13(17)10-20-12-7-5-6-11(8-12)9-16/h5-8,16H,4,9-10H2,1-3H3. The highest BCUT2D eigenvalue weighted by Crippen LogP contribution is 2.20. The molecule has 20 heavy (non-hydrogen) atoms. The van der Waals surface area contributed by atoms with Gasteiger partial charge in [-0.15, -0.1) is 0 Å². The molecule has 0 saturated heterocycles. The lowest BCUT2D eigenvalue weighted by Gasteiger charge is -2.20. The van der Waals surface area contributed by atoms with Crippen molar-refractivity contribution in [2.75, 3.05) is 13.2 Å². The Morgan fingerprint density at radius 3 is 2.60 bits per heavy atom. The molecule has 0 bridgehead atoms. The van der Waals surface area contributed by atoms with Crippen molar-refractivity contribution in [2.45, 2.75) is 27.4 Å². The van der Waals surface area contributed by atoms with Gasteiger partial charge in [0.15, 0.2) is 5.78 Å². The summed E-state index contributed by atoms with van der Waals surface area (Å²) in [6, 6.07) is 6.80. The van der Waals surface area contributed by atoms with E-state index < -0.39 is 11.4 Å². The number of carbonyl (C=O) groups excluding carboxylic acids is 2. The minimum absolute atomic E-state index is 0.0978. The smallest absolute Gasteiger partial charge is 0.319 e. The fraction of sp³-hybridized carbons (Fsp3) is 0.467. The molecule has 0 radical (unpaired) electrons. The van der Waals surface area contributed by atoms with Crippen molar-refractivity contribution in [2.24, 2.45) is 5.41 Å². The lowest BCUT2D eigenvalue weighted by Crippen LogP contribution is -2.38. The zero-order valence-corrected chi connectivity index (χ0v) is 12.0. The molecule has 5 heteroatoms. The average Bonchev–Trinajstić information content (AvgIpc) is 2.45. The summed E-state index contributed by atoms with van der Waals surface area (Å²) in [6.45, 7) is 4.63. The van der Waals surface area contributed by atoms with E-state index in [2.05, 4.69) is 0 Å². The molecule has 5 nitrogen and oxygen atoms in total. The maximum Gasteiger partial charge on any atom is 0.319 e. The number of aliphatic hydroxyl groups is 1. The van der Waals surface area contributed by atoms with E-state index in [1.807, 2.05) is 0 Å². The highest BCUT2D eigenvalue weighted by Gasteiger charge is 2.37. The summed E-state index contributed by atoms with van der Waals surface area (Å²) in [7, 11) is 0. The molecule has 0 aliphatic rings. The van der Waals surface area contributed by atoms with Crippen LogP contribution in [0.3, 0.4) is 0 Å². The summed E-state index contributed by atoms with van der Waals surface area (Å²) in [5, 5.41) is 9.02. The van der Waals surface area contributed by atoms with E-state index in [4.69, 9.17) is 14.6 Å². The third-order valence-corrected chi connectivity index (χ3v) is 2.93. The zero-order chi connectivity index (χ0) is 15.2. The highest BCUT2D eigenvalue weighted by molar-refractivity contribution is 6.03. The van der Waals surface area contributed by atoms with Gasteiger partial charge < -0.3 is 14.6 Å². The fourth-order valence-corrected chi connectivity index (χ4v) is 1.49. The minimum atomic E-state index is -1.23. The summed E-state index contributed by atoms with van der Waals surface area (Å²) in [5.74, 6) is -0.437. The van der Waals surface area contributed by atoms with Gasteiger partial charge in [-0.2, -0.15) is 0 Å². The maximum absolute atomic E-state index is 12.0. The first-order chi connectivity index (χ1) is 9.41. The van der Waals surface area contributed by atoms with Crippen molar-refractivity contribution in [3.63, 3.8) is 0 Å². The Labute approximate surface area is 118 Å². The van der Waals surface area contributed by atoms with E-state index >= 15 is 0 Å². The van der Waals surface area contributed by atoms with Crippen LogP contribution in [0.2, 0.25) is 0 Å². The van der Waals surface area contributed by atoms with Crippen LogP contribution in [0.1, 0.15) is 26.3 Å². The first-order valence-electron chi connectivity index (χ1n) is 6.45. The molecule has 0 atom stereocenters. The SMILES string of the molecule is CCOC(=O)C(C)(C)C(=O)COc1cccc(CO)c1. The van der Waals surface area contributed by atoms with E-state index in [0.717, 1.165) is 0 Å². The molecule has 0 aromatic heterocycles. The van der Waals surface area contributed by atoms with Crippen molar-refractivity contribution in [1.82, 2.24) is 0 Å². The summed E-state index contributed by atoms with van der Waals surface area (Å²) >= 11 is 0. The molecule has 110 valence electrons. The normalized spacial score (nSPS) is 11.0. The first kappa shape index (κ1) is 16.2. The molecule has 0 saturated carbocycles. The molecule has 0 aliphatic heterocycles. The van der Waals surface area contributed by atoms with Crippen molar-refractivity contribution >= 4 is 11.8 Å². The number of ether oxygens (including phenoxy) is 2. The van der Waals surface area contributed by atoms with Gasteiger partial charge >= 0.3 is 5.97 Å².